The van der Waals surface area contributed by atoms with Gasteiger partial charge in [-0.2, -0.15) is 13.2 Å². The van der Waals surface area contributed by atoms with Crippen molar-refractivity contribution in [3.05, 3.63) is 24.0 Å². The van der Waals surface area contributed by atoms with E-state index in [1.54, 1.807) is 12.3 Å². The number of rotatable bonds is 4. The quantitative estimate of drug-likeness (QED) is 0.847. The fraction of sp³-hybridized carbons (Fsp3) is 0.455. The van der Waals surface area contributed by atoms with Crippen LogP contribution in [0.25, 0.3) is 5.65 Å². The topological polar surface area (TPSA) is 39.4 Å². The van der Waals surface area contributed by atoms with Crippen LogP contribution in [0.4, 0.5) is 13.2 Å². The first-order valence-corrected chi connectivity index (χ1v) is 5.53. The number of hydrogen-bond donors (Lipinski definition) is 0. The molecule has 0 radical (unpaired) electrons. The number of fused-ring (bicyclic) bond motifs is 1. The molecule has 0 N–H and O–H groups in total. The number of aryl methyl sites for hydroxylation is 1. The van der Waals surface area contributed by atoms with Gasteiger partial charge >= 0.3 is 6.18 Å². The first kappa shape index (κ1) is 12.7. The van der Waals surface area contributed by atoms with E-state index in [4.69, 9.17) is 4.74 Å². The molecule has 0 atom stereocenters. The summed E-state index contributed by atoms with van der Waals surface area (Å²) in [5, 5.41) is 4.03. The molecule has 2 heterocycles. The highest BCUT2D eigenvalue weighted by Crippen LogP contribution is 2.19. The van der Waals surface area contributed by atoms with Gasteiger partial charge in [0.25, 0.3) is 0 Å². The minimum Gasteiger partial charge on any atom is -0.476 e. The molecule has 0 aliphatic rings. The molecule has 0 fully saturated rings. The van der Waals surface area contributed by atoms with Crippen LogP contribution >= 0.6 is 0 Å². The Labute approximate surface area is 101 Å². The van der Waals surface area contributed by atoms with Crippen LogP contribution in [0.15, 0.2) is 18.3 Å². The number of ether oxygens (including phenoxy) is 1. The second-order valence-electron chi connectivity index (χ2n) is 3.77. The minimum absolute atomic E-state index is 0.159. The van der Waals surface area contributed by atoms with Gasteiger partial charge in [-0.25, -0.2) is 9.50 Å². The summed E-state index contributed by atoms with van der Waals surface area (Å²) >= 11 is 0. The van der Waals surface area contributed by atoms with Gasteiger partial charge in [0.2, 0.25) is 5.88 Å². The third-order valence-electron chi connectivity index (χ3n) is 2.34. The van der Waals surface area contributed by atoms with E-state index < -0.39 is 19.2 Å². The van der Waals surface area contributed by atoms with Crippen molar-refractivity contribution in [2.45, 2.75) is 25.9 Å². The van der Waals surface area contributed by atoms with Crippen LogP contribution in [0.5, 0.6) is 5.88 Å². The maximum Gasteiger partial charge on any atom is 0.392 e. The van der Waals surface area contributed by atoms with Crippen LogP contribution in [0.1, 0.15) is 19.0 Å². The highest BCUT2D eigenvalue weighted by Gasteiger charge is 2.26. The van der Waals surface area contributed by atoms with Crippen molar-refractivity contribution in [2.75, 3.05) is 6.61 Å². The fourth-order valence-corrected chi connectivity index (χ4v) is 1.43. The van der Waals surface area contributed by atoms with Gasteiger partial charge in [0.15, 0.2) is 5.65 Å². The van der Waals surface area contributed by atoms with Crippen molar-refractivity contribution in [1.29, 1.82) is 0 Å². The van der Waals surface area contributed by atoms with E-state index in [1.807, 2.05) is 6.92 Å². The molecular weight excluding hydrogens is 247 g/mol. The van der Waals surface area contributed by atoms with E-state index >= 15 is 0 Å². The molecule has 0 aliphatic carbocycles. The highest BCUT2D eigenvalue weighted by molar-refractivity contribution is 5.39. The number of imidazole rings is 1. The molecule has 0 spiro atoms. The zero-order valence-corrected chi connectivity index (χ0v) is 9.74. The summed E-state index contributed by atoms with van der Waals surface area (Å²) in [7, 11) is 0. The number of nitrogens with zero attached hydrogens (tertiary/aromatic N) is 3. The summed E-state index contributed by atoms with van der Waals surface area (Å²) in [5.41, 5.74) is 1.52. The fourth-order valence-electron chi connectivity index (χ4n) is 1.43. The summed E-state index contributed by atoms with van der Waals surface area (Å²) in [4.78, 5) is 4.26. The monoisotopic (exact) mass is 259 g/mol. The third kappa shape index (κ3) is 3.12. The van der Waals surface area contributed by atoms with E-state index in [2.05, 4.69) is 10.1 Å². The Morgan fingerprint density at radius 3 is 2.78 bits per heavy atom. The Morgan fingerprint density at radius 1 is 1.33 bits per heavy atom. The lowest BCUT2D eigenvalue weighted by Gasteiger charge is -2.07. The first-order valence-electron chi connectivity index (χ1n) is 5.53. The van der Waals surface area contributed by atoms with Gasteiger partial charge in [-0.1, -0.05) is 6.92 Å². The van der Waals surface area contributed by atoms with Crippen LogP contribution in [-0.2, 0) is 6.42 Å². The lowest BCUT2D eigenvalue weighted by Crippen LogP contribution is -2.13. The maximum atomic E-state index is 11.9. The summed E-state index contributed by atoms with van der Waals surface area (Å²) < 4.78 is 42.3. The Hall–Kier alpha value is -1.79. The Bertz CT molecular complexity index is 536. The van der Waals surface area contributed by atoms with E-state index in [0.717, 1.165) is 12.1 Å². The molecule has 0 bridgehead atoms. The molecule has 0 aliphatic heterocycles. The zero-order valence-electron chi connectivity index (χ0n) is 9.74. The van der Waals surface area contributed by atoms with Crippen molar-refractivity contribution in [2.24, 2.45) is 0 Å². The van der Waals surface area contributed by atoms with Crippen molar-refractivity contribution in [1.82, 2.24) is 14.6 Å². The summed E-state index contributed by atoms with van der Waals surface area (Å²) in [6.45, 7) is 1.53. The van der Waals surface area contributed by atoms with Crippen molar-refractivity contribution >= 4 is 5.65 Å². The molecule has 18 heavy (non-hydrogen) atoms. The second kappa shape index (κ2) is 4.83. The largest absolute Gasteiger partial charge is 0.476 e. The normalized spacial score (nSPS) is 12.0. The minimum atomic E-state index is -4.21. The van der Waals surface area contributed by atoms with Crippen LogP contribution in [0, 0.1) is 0 Å². The molecular formula is C11H12F3N3O. The molecule has 0 saturated heterocycles. The van der Waals surface area contributed by atoms with E-state index in [-0.39, 0.29) is 5.88 Å². The highest BCUT2D eigenvalue weighted by atomic mass is 19.4. The molecule has 2 aromatic heterocycles. The predicted molar refractivity (Wildman–Crippen MR) is 58.5 cm³/mol. The van der Waals surface area contributed by atoms with Gasteiger partial charge < -0.3 is 4.74 Å². The van der Waals surface area contributed by atoms with E-state index in [1.165, 1.54) is 10.6 Å². The van der Waals surface area contributed by atoms with Gasteiger partial charge in [0, 0.05) is 6.07 Å². The van der Waals surface area contributed by atoms with Crippen LogP contribution in [0.3, 0.4) is 0 Å². The van der Waals surface area contributed by atoms with Gasteiger partial charge in [-0.05, 0) is 12.5 Å². The van der Waals surface area contributed by atoms with Crippen LogP contribution < -0.4 is 4.74 Å². The van der Waals surface area contributed by atoms with Crippen molar-refractivity contribution in [3.8, 4) is 5.88 Å². The zero-order chi connectivity index (χ0) is 13.2. The molecule has 7 heteroatoms. The van der Waals surface area contributed by atoms with Crippen molar-refractivity contribution < 1.29 is 17.9 Å². The van der Waals surface area contributed by atoms with Crippen LogP contribution in [0.2, 0.25) is 0 Å². The van der Waals surface area contributed by atoms with Crippen molar-refractivity contribution in [3.63, 3.8) is 0 Å². The summed E-state index contributed by atoms with van der Waals surface area (Å²) in [5.74, 6) is 0.159. The molecule has 2 rings (SSSR count). The standard InChI is InChI=1S/C11H12F3N3O/c1-2-8-7-17-9(15-8)3-4-10(16-17)18-6-5-11(12,13)14/h3-4,7H,2,5-6H2,1H3. The molecule has 0 saturated carbocycles. The number of hydrogen-bond acceptors (Lipinski definition) is 3. The van der Waals surface area contributed by atoms with E-state index in [9.17, 15) is 13.2 Å². The molecule has 98 valence electrons. The number of halogens is 3. The molecule has 0 aromatic carbocycles. The Balaban J connectivity index is 2.05. The maximum absolute atomic E-state index is 11.9. The predicted octanol–water partition coefficient (Wildman–Crippen LogP) is 2.62. The second-order valence-corrected chi connectivity index (χ2v) is 3.77. The van der Waals surface area contributed by atoms with Gasteiger partial charge in [0.1, 0.15) is 0 Å². The van der Waals surface area contributed by atoms with E-state index in [0.29, 0.717) is 5.65 Å². The van der Waals surface area contributed by atoms with Gasteiger partial charge in [-0.15, -0.1) is 5.10 Å². The molecule has 2 aromatic rings. The molecule has 0 amide bonds. The average molecular weight is 259 g/mol. The third-order valence-corrected chi connectivity index (χ3v) is 2.34. The Morgan fingerprint density at radius 2 is 2.11 bits per heavy atom. The van der Waals surface area contributed by atoms with Gasteiger partial charge in [-0.3, -0.25) is 0 Å². The number of aromatic nitrogens is 3. The molecule has 4 nitrogen and oxygen atoms in total. The summed E-state index contributed by atoms with van der Waals surface area (Å²) in [6, 6.07) is 3.17. The average Bonchev–Trinajstić information content (AvgIpc) is 2.69. The SMILES string of the molecule is CCc1cn2nc(OCCC(F)(F)F)ccc2n1. The Kier molecular flexibility index (Phi) is 3.40. The smallest absolute Gasteiger partial charge is 0.392 e. The lowest BCUT2D eigenvalue weighted by molar-refractivity contribution is -0.139. The lowest BCUT2D eigenvalue weighted by atomic mass is 10.4. The molecule has 0 unspecified atom stereocenters. The number of alkyl halides is 3. The van der Waals surface area contributed by atoms with Gasteiger partial charge in [0.05, 0.1) is 24.9 Å². The first-order chi connectivity index (χ1) is 8.48. The summed E-state index contributed by atoms with van der Waals surface area (Å²) in [6.07, 6.45) is -2.70. The van der Waals surface area contributed by atoms with Crippen LogP contribution in [-0.4, -0.2) is 27.4 Å².